The fourth-order valence-electron chi connectivity index (χ4n) is 4.71. The summed E-state index contributed by atoms with van der Waals surface area (Å²) in [4.78, 5) is 33.3. The largest absolute Gasteiger partial charge is 0.469 e. The van der Waals surface area contributed by atoms with Crippen LogP contribution in [0.4, 0.5) is 4.79 Å². The lowest BCUT2D eigenvalue weighted by atomic mass is 9.82. The molecule has 13 nitrogen and oxygen atoms in total. The highest BCUT2D eigenvalue weighted by Gasteiger charge is 2.66. The van der Waals surface area contributed by atoms with Gasteiger partial charge in [-0.1, -0.05) is 51.8 Å². The van der Waals surface area contributed by atoms with Crippen LogP contribution >= 0.6 is 0 Å². The summed E-state index contributed by atoms with van der Waals surface area (Å²) in [7, 11) is -3.81. The van der Waals surface area contributed by atoms with Gasteiger partial charge in [-0.2, -0.15) is 0 Å². The maximum atomic E-state index is 13.8. The number of carbonyl (C=O) groups is 2. The lowest BCUT2D eigenvalue weighted by Crippen LogP contribution is -2.67. The quantitative estimate of drug-likeness (QED) is 0.0823. The summed E-state index contributed by atoms with van der Waals surface area (Å²) in [6, 6.07) is 0. The Kier molecular flexibility index (Phi) is 12.2. The van der Waals surface area contributed by atoms with Crippen LogP contribution in [0.5, 0.6) is 0 Å². The molecule has 42 heavy (non-hydrogen) atoms. The van der Waals surface area contributed by atoms with Crippen molar-refractivity contribution >= 4 is 28.7 Å². The van der Waals surface area contributed by atoms with Crippen LogP contribution in [0, 0.1) is 17.8 Å². The zero-order chi connectivity index (χ0) is 32.9. The normalized spacial score (nSPS) is 25.2. The number of amides is 1. The van der Waals surface area contributed by atoms with E-state index in [4.69, 9.17) is 18.3 Å². The number of carbonyl (C=O) groups excluding carboxylic acids is 2. The van der Waals surface area contributed by atoms with Crippen LogP contribution < -0.4 is 5.32 Å². The topological polar surface area (TPSA) is 181 Å². The van der Waals surface area contributed by atoms with E-state index in [0.717, 1.165) is 0 Å². The number of methoxy groups -OCH3 is 1. The molecule has 1 amide bonds. The first-order chi connectivity index (χ1) is 18.9. The molecule has 1 saturated carbocycles. The molecule has 1 aliphatic carbocycles. The van der Waals surface area contributed by atoms with E-state index in [0.29, 0.717) is 0 Å². The standard InChI is InChI=1S/C27H53N7O6Si2/c1-24(2,3)39-23(36)32-27(17-38-41(11,12)25(4,5)6)20(22(35)37-10)18(15-30-33-28)19(16-31-34-29)21(27)40-42(13,14)26(7,8)9/h18-21H,15-17H2,1-14H3,(H,32,36)/t18-,19-,20-,21+,27+/m1/s1. The van der Waals surface area contributed by atoms with E-state index >= 15 is 0 Å². The van der Waals surface area contributed by atoms with Gasteiger partial charge in [0.2, 0.25) is 0 Å². The van der Waals surface area contributed by atoms with Gasteiger partial charge in [0.05, 0.1) is 25.7 Å². The zero-order valence-corrected chi connectivity index (χ0v) is 30.1. The van der Waals surface area contributed by atoms with E-state index < -0.39 is 63.7 Å². The number of alkyl carbamates (subject to hydrolysis) is 1. The van der Waals surface area contributed by atoms with Gasteiger partial charge in [0, 0.05) is 22.9 Å². The molecule has 0 aromatic carbocycles. The summed E-state index contributed by atoms with van der Waals surface area (Å²) in [6.07, 6.45) is -1.63. The average molecular weight is 628 g/mol. The second-order valence-electron chi connectivity index (χ2n) is 15.2. The van der Waals surface area contributed by atoms with Crippen molar-refractivity contribution in [2.24, 2.45) is 28.0 Å². The van der Waals surface area contributed by atoms with Crippen LogP contribution in [0.2, 0.25) is 36.3 Å². The second-order valence-corrected chi connectivity index (χ2v) is 24.7. The minimum Gasteiger partial charge on any atom is -0.469 e. The monoisotopic (exact) mass is 627 g/mol. The van der Waals surface area contributed by atoms with Gasteiger partial charge >= 0.3 is 12.1 Å². The molecule has 0 heterocycles. The van der Waals surface area contributed by atoms with Crippen molar-refractivity contribution in [1.29, 1.82) is 0 Å². The van der Waals surface area contributed by atoms with Crippen molar-refractivity contribution in [3.63, 3.8) is 0 Å². The molecule has 0 unspecified atom stereocenters. The predicted octanol–water partition coefficient (Wildman–Crippen LogP) is 7.32. The van der Waals surface area contributed by atoms with E-state index in [-0.39, 0.29) is 29.8 Å². The van der Waals surface area contributed by atoms with E-state index in [2.05, 4.69) is 93.1 Å². The molecule has 0 spiro atoms. The first-order valence-corrected chi connectivity index (χ1v) is 20.1. The van der Waals surface area contributed by atoms with Crippen LogP contribution in [-0.4, -0.2) is 72.7 Å². The minimum atomic E-state index is -2.61. The summed E-state index contributed by atoms with van der Waals surface area (Å²) < 4.78 is 24.9. The highest BCUT2D eigenvalue weighted by atomic mass is 28.4. The molecule has 0 radical (unpaired) electrons. The van der Waals surface area contributed by atoms with Gasteiger partial charge in [-0.05, 0) is 79.9 Å². The Morgan fingerprint density at radius 3 is 1.74 bits per heavy atom. The van der Waals surface area contributed by atoms with Gasteiger partial charge in [0.15, 0.2) is 16.6 Å². The van der Waals surface area contributed by atoms with Crippen molar-refractivity contribution in [3.05, 3.63) is 20.9 Å². The van der Waals surface area contributed by atoms with Crippen LogP contribution in [0.3, 0.4) is 0 Å². The number of azide groups is 2. The first kappa shape index (κ1) is 37.7. The zero-order valence-electron chi connectivity index (χ0n) is 28.1. The Labute approximate surface area is 253 Å². The molecule has 1 N–H and O–H groups in total. The minimum absolute atomic E-state index is 0.0628. The highest BCUT2D eigenvalue weighted by molar-refractivity contribution is 6.74. The molecule has 15 heteroatoms. The third kappa shape index (κ3) is 8.87. The van der Waals surface area contributed by atoms with Crippen molar-refractivity contribution in [1.82, 2.24) is 5.32 Å². The third-order valence-corrected chi connectivity index (χ3v) is 18.0. The fraction of sp³-hybridized carbons (Fsp3) is 0.926. The SMILES string of the molecule is COC(=O)[C@H]1[C@H](CN=[N+]=[N-])[C@@H](CN=[N+]=[N-])[C@H](O[Si](C)(C)C(C)(C)C)[C@@]1(CO[Si](C)(C)C(C)(C)C)NC(=O)OC(C)(C)C. The maximum Gasteiger partial charge on any atom is 0.408 e. The van der Waals surface area contributed by atoms with Gasteiger partial charge in [0.25, 0.3) is 0 Å². The van der Waals surface area contributed by atoms with Crippen molar-refractivity contribution in [3.8, 4) is 0 Å². The smallest absolute Gasteiger partial charge is 0.408 e. The van der Waals surface area contributed by atoms with Crippen LogP contribution in [0.25, 0.3) is 20.9 Å². The van der Waals surface area contributed by atoms with Crippen LogP contribution in [-0.2, 0) is 23.1 Å². The molecule has 0 saturated heterocycles. The molecule has 1 rings (SSSR count). The van der Waals surface area contributed by atoms with Crippen LogP contribution in [0.1, 0.15) is 62.3 Å². The van der Waals surface area contributed by atoms with Crippen LogP contribution in [0.15, 0.2) is 10.2 Å². The van der Waals surface area contributed by atoms with E-state index in [9.17, 15) is 20.7 Å². The number of nitrogens with one attached hydrogen (secondary N) is 1. The number of esters is 1. The van der Waals surface area contributed by atoms with Crippen molar-refractivity contribution in [2.45, 2.75) is 116 Å². The summed E-state index contributed by atoms with van der Waals surface area (Å²) in [5.41, 5.74) is 16.2. The molecule has 0 bridgehead atoms. The molecular formula is C27H53N7O6Si2. The van der Waals surface area contributed by atoms with E-state index in [1.165, 1.54) is 7.11 Å². The molecule has 240 valence electrons. The van der Waals surface area contributed by atoms with Crippen molar-refractivity contribution < 1.29 is 27.9 Å². The van der Waals surface area contributed by atoms with Gasteiger partial charge in [-0.3, -0.25) is 4.79 Å². The number of ether oxygens (including phenoxy) is 2. The second kappa shape index (κ2) is 13.6. The summed E-state index contributed by atoms with van der Waals surface area (Å²) in [6.45, 7) is 25.8. The molecule has 1 aliphatic rings. The van der Waals surface area contributed by atoms with Crippen molar-refractivity contribution in [2.75, 3.05) is 26.8 Å². The van der Waals surface area contributed by atoms with E-state index in [1.54, 1.807) is 20.8 Å². The van der Waals surface area contributed by atoms with Gasteiger partial charge in [-0.25, -0.2) is 4.79 Å². The van der Waals surface area contributed by atoms with Gasteiger partial charge in [-0.15, -0.1) is 0 Å². The number of hydrogen-bond donors (Lipinski definition) is 1. The fourth-order valence-corrected chi connectivity index (χ4v) is 7.12. The Bertz CT molecular complexity index is 1070. The maximum absolute atomic E-state index is 13.8. The molecular weight excluding hydrogens is 575 g/mol. The predicted molar refractivity (Wildman–Crippen MR) is 168 cm³/mol. The van der Waals surface area contributed by atoms with E-state index in [1.807, 2.05) is 0 Å². The molecule has 5 atom stereocenters. The molecule has 0 aromatic heterocycles. The molecule has 1 fully saturated rings. The Balaban J connectivity index is 4.17. The summed E-state index contributed by atoms with van der Waals surface area (Å²) >= 11 is 0. The summed E-state index contributed by atoms with van der Waals surface area (Å²) in [5, 5.41) is 10.3. The lowest BCUT2D eigenvalue weighted by Gasteiger charge is -2.48. The Hall–Kier alpha value is -2.29. The molecule has 0 aromatic rings. The third-order valence-electron chi connectivity index (χ3n) is 9.04. The number of rotatable bonds is 11. The molecule has 0 aliphatic heterocycles. The summed E-state index contributed by atoms with van der Waals surface area (Å²) in [5.74, 6) is -3.02. The number of hydrogen-bond acceptors (Lipinski definition) is 8. The highest BCUT2D eigenvalue weighted by Crippen LogP contribution is 2.52. The van der Waals surface area contributed by atoms with Gasteiger partial charge < -0.3 is 23.6 Å². The Morgan fingerprint density at radius 1 is 0.857 bits per heavy atom. The Morgan fingerprint density at radius 2 is 1.33 bits per heavy atom. The first-order valence-electron chi connectivity index (χ1n) is 14.3. The van der Waals surface area contributed by atoms with Gasteiger partial charge in [0.1, 0.15) is 11.1 Å². The lowest BCUT2D eigenvalue weighted by molar-refractivity contribution is -0.151. The average Bonchev–Trinajstić information content (AvgIpc) is 3.04. The number of nitrogens with zero attached hydrogens (tertiary/aromatic N) is 6.